The van der Waals surface area contributed by atoms with E-state index >= 15 is 0 Å². The second-order valence-electron chi connectivity index (χ2n) is 1.30. The number of hydrogen-bond acceptors (Lipinski definition) is 4. The van der Waals surface area contributed by atoms with E-state index in [-0.39, 0.29) is 6.10 Å². The van der Waals surface area contributed by atoms with Crippen LogP contribution in [-0.2, 0) is 0 Å². The minimum Gasteiger partial charge on any atom is -0.392 e. The van der Waals surface area contributed by atoms with Crippen molar-refractivity contribution in [1.82, 2.24) is 0 Å². The van der Waals surface area contributed by atoms with Gasteiger partial charge in [-0.05, 0) is 6.42 Å². The highest BCUT2D eigenvalue weighted by Crippen LogP contribution is 1.81. The van der Waals surface area contributed by atoms with Gasteiger partial charge in [0.15, 0.2) is 0 Å². The number of hydrazine groups is 1. The van der Waals surface area contributed by atoms with Gasteiger partial charge in [-0.1, -0.05) is 6.92 Å². The van der Waals surface area contributed by atoms with E-state index in [1.807, 2.05) is 6.92 Å². The fraction of sp³-hybridized carbons (Fsp3) is 1.00. The van der Waals surface area contributed by atoms with Gasteiger partial charge in [0, 0.05) is 6.54 Å². The van der Waals surface area contributed by atoms with E-state index in [0.717, 1.165) is 6.42 Å². The van der Waals surface area contributed by atoms with Crippen LogP contribution < -0.4 is 17.4 Å². The van der Waals surface area contributed by atoms with Crippen LogP contribution in [0.25, 0.3) is 0 Å². The summed E-state index contributed by atoms with van der Waals surface area (Å²) in [5.41, 5.74) is 5.03. The molecule has 0 aliphatic heterocycles. The SMILES string of the molecule is CCC(O)CN.NN. The van der Waals surface area contributed by atoms with E-state index < -0.39 is 0 Å². The zero-order valence-corrected chi connectivity index (χ0v) is 5.17. The molecular weight excluding hydrogens is 106 g/mol. The fourth-order valence-electron chi connectivity index (χ4n) is 0.167. The topological polar surface area (TPSA) is 98.3 Å². The lowest BCUT2D eigenvalue weighted by Gasteiger charge is -1.98. The Labute approximate surface area is 49.6 Å². The second-order valence-corrected chi connectivity index (χ2v) is 1.30. The normalized spacial score (nSPS) is 11.6. The number of hydrogen-bond donors (Lipinski definition) is 4. The molecule has 4 nitrogen and oxygen atoms in total. The zero-order chi connectivity index (χ0) is 6.99. The van der Waals surface area contributed by atoms with Crippen LogP contribution >= 0.6 is 0 Å². The third-order valence-electron chi connectivity index (χ3n) is 0.743. The molecule has 0 aliphatic rings. The van der Waals surface area contributed by atoms with Crippen LogP contribution in [0.5, 0.6) is 0 Å². The van der Waals surface area contributed by atoms with Crippen molar-refractivity contribution in [3.05, 3.63) is 0 Å². The first kappa shape index (κ1) is 10.8. The molecule has 0 aromatic rings. The smallest absolute Gasteiger partial charge is 0.0659 e. The lowest BCUT2D eigenvalue weighted by atomic mass is 10.3. The molecule has 7 N–H and O–H groups in total. The first-order chi connectivity index (χ1) is 3.81. The molecule has 0 aromatic heterocycles. The fourth-order valence-corrected chi connectivity index (χ4v) is 0.167. The van der Waals surface area contributed by atoms with Crippen LogP contribution in [0.15, 0.2) is 0 Å². The molecule has 0 spiro atoms. The van der Waals surface area contributed by atoms with E-state index in [1.54, 1.807) is 0 Å². The maximum atomic E-state index is 8.54. The average Bonchev–Trinajstić information content (AvgIpc) is 1.91. The van der Waals surface area contributed by atoms with Crippen molar-refractivity contribution in [3.63, 3.8) is 0 Å². The first-order valence-corrected chi connectivity index (χ1v) is 2.52. The standard InChI is InChI=1S/C4H11NO.H4N2/c1-2-4(6)3-5;1-2/h4,6H,2-3,5H2,1H3;1-2H2. The molecule has 0 saturated carbocycles. The quantitative estimate of drug-likeness (QED) is 0.265. The zero-order valence-electron chi connectivity index (χ0n) is 5.17. The number of nitrogens with two attached hydrogens (primary N) is 3. The van der Waals surface area contributed by atoms with Gasteiger partial charge in [-0.2, -0.15) is 0 Å². The first-order valence-electron chi connectivity index (χ1n) is 2.52. The molecule has 0 rings (SSSR count). The molecule has 8 heavy (non-hydrogen) atoms. The van der Waals surface area contributed by atoms with Crippen molar-refractivity contribution < 1.29 is 5.11 Å². The minimum absolute atomic E-state index is 0.287. The van der Waals surface area contributed by atoms with Gasteiger partial charge in [0.1, 0.15) is 0 Å². The Balaban J connectivity index is 0. The highest BCUT2D eigenvalue weighted by Gasteiger charge is 1.90. The third kappa shape index (κ3) is 9.28. The number of aliphatic hydroxyl groups excluding tert-OH is 1. The van der Waals surface area contributed by atoms with Crippen LogP contribution in [0.3, 0.4) is 0 Å². The summed E-state index contributed by atoms with van der Waals surface area (Å²) in [5.74, 6) is 8.00. The van der Waals surface area contributed by atoms with Crippen molar-refractivity contribution in [2.24, 2.45) is 17.4 Å². The molecule has 0 aliphatic carbocycles. The summed E-state index contributed by atoms with van der Waals surface area (Å²) in [5, 5.41) is 8.54. The molecule has 1 atom stereocenters. The summed E-state index contributed by atoms with van der Waals surface area (Å²) >= 11 is 0. The minimum atomic E-state index is -0.287. The molecule has 0 saturated heterocycles. The van der Waals surface area contributed by atoms with Crippen molar-refractivity contribution in [2.45, 2.75) is 19.4 Å². The summed E-state index contributed by atoms with van der Waals surface area (Å²) in [6, 6.07) is 0. The Hall–Kier alpha value is -0.160. The summed E-state index contributed by atoms with van der Waals surface area (Å²) in [7, 11) is 0. The van der Waals surface area contributed by atoms with E-state index in [0.29, 0.717) is 6.54 Å². The predicted molar refractivity (Wildman–Crippen MR) is 33.7 cm³/mol. The highest BCUT2D eigenvalue weighted by atomic mass is 16.3. The van der Waals surface area contributed by atoms with E-state index in [1.165, 1.54) is 0 Å². The van der Waals surface area contributed by atoms with Gasteiger partial charge in [0.25, 0.3) is 0 Å². The molecule has 0 amide bonds. The molecule has 0 aromatic carbocycles. The largest absolute Gasteiger partial charge is 0.392 e. The molecule has 4 heteroatoms. The van der Waals surface area contributed by atoms with Gasteiger partial charge >= 0.3 is 0 Å². The molecule has 0 radical (unpaired) electrons. The summed E-state index contributed by atoms with van der Waals surface area (Å²) < 4.78 is 0. The Kier molecular flexibility index (Phi) is 13.4. The van der Waals surface area contributed by atoms with Gasteiger partial charge in [-0.3, -0.25) is 11.7 Å². The lowest BCUT2D eigenvalue weighted by Crippen LogP contribution is -2.17. The Bertz CT molecular complexity index is 30.5. The average molecular weight is 121 g/mol. The van der Waals surface area contributed by atoms with Crippen molar-refractivity contribution in [2.75, 3.05) is 6.54 Å². The van der Waals surface area contributed by atoms with Crippen LogP contribution in [0.4, 0.5) is 0 Å². The number of rotatable bonds is 2. The van der Waals surface area contributed by atoms with Crippen LogP contribution in [-0.4, -0.2) is 17.8 Å². The molecule has 52 valence electrons. The maximum absolute atomic E-state index is 8.54. The van der Waals surface area contributed by atoms with Crippen LogP contribution in [0.1, 0.15) is 13.3 Å². The van der Waals surface area contributed by atoms with Gasteiger partial charge < -0.3 is 10.8 Å². The van der Waals surface area contributed by atoms with E-state index in [2.05, 4.69) is 11.7 Å². The molecule has 0 bridgehead atoms. The molecular formula is C4H15N3O. The van der Waals surface area contributed by atoms with Gasteiger partial charge in [0.05, 0.1) is 6.10 Å². The van der Waals surface area contributed by atoms with Crippen LogP contribution in [0, 0.1) is 0 Å². The Morgan fingerprint density at radius 3 is 1.88 bits per heavy atom. The van der Waals surface area contributed by atoms with Gasteiger partial charge in [0.2, 0.25) is 0 Å². The Morgan fingerprint density at radius 1 is 1.50 bits per heavy atom. The molecule has 0 heterocycles. The van der Waals surface area contributed by atoms with Crippen molar-refractivity contribution in [1.29, 1.82) is 0 Å². The summed E-state index contributed by atoms with van der Waals surface area (Å²) in [6.45, 7) is 2.29. The van der Waals surface area contributed by atoms with Crippen molar-refractivity contribution in [3.8, 4) is 0 Å². The second kappa shape index (κ2) is 9.96. The number of aliphatic hydroxyl groups is 1. The van der Waals surface area contributed by atoms with Gasteiger partial charge in [-0.25, -0.2) is 0 Å². The molecule has 0 fully saturated rings. The molecule has 1 unspecified atom stereocenters. The predicted octanol–water partition coefficient (Wildman–Crippen LogP) is -1.47. The summed E-state index contributed by atoms with van der Waals surface area (Å²) in [4.78, 5) is 0. The van der Waals surface area contributed by atoms with E-state index in [9.17, 15) is 0 Å². The lowest BCUT2D eigenvalue weighted by molar-refractivity contribution is 0.179. The van der Waals surface area contributed by atoms with Crippen molar-refractivity contribution >= 4 is 0 Å². The third-order valence-corrected chi connectivity index (χ3v) is 0.743. The van der Waals surface area contributed by atoms with E-state index in [4.69, 9.17) is 10.8 Å². The Morgan fingerprint density at radius 2 is 1.88 bits per heavy atom. The van der Waals surface area contributed by atoms with Gasteiger partial charge in [-0.15, -0.1) is 0 Å². The summed E-state index contributed by atoms with van der Waals surface area (Å²) in [6.07, 6.45) is 0.473. The maximum Gasteiger partial charge on any atom is 0.0659 e. The monoisotopic (exact) mass is 121 g/mol. The highest BCUT2D eigenvalue weighted by molar-refractivity contribution is 4.48. The van der Waals surface area contributed by atoms with Crippen LogP contribution in [0.2, 0.25) is 0 Å².